The number of carbonyl (C=O) groups excluding carboxylic acids is 1. The van der Waals surface area contributed by atoms with E-state index in [2.05, 4.69) is 6.92 Å². The average molecular weight is 242 g/mol. The molecule has 17 heavy (non-hydrogen) atoms. The van der Waals surface area contributed by atoms with Crippen LogP contribution in [0.15, 0.2) is 12.3 Å². The van der Waals surface area contributed by atoms with E-state index >= 15 is 0 Å². The molecule has 3 heteroatoms. The molecule has 0 heterocycles. The van der Waals surface area contributed by atoms with Crippen molar-refractivity contribution in [1.29, 1.82) is 0 Å². The Morgan fingerprint density at radius 2 is 1.76 bits per heavy atom. The normalized spacial score (nSPS) is 10.9. The first-order valence-electron chi connectivity index (χ1n) is 6.69. The summed E-state index contributed by atoms with van der Waals surface area (Å²) in [6.45, 7) is 3.31. The Balaban J connectivity index is 2.98. The molecule has 0 aromatic rings. The van der Waals surface area contributed by atoms with Crippen LogP contribution in [-0.4, -0.2) is 19.7 Å². The third-order valence-corrected chi connectivity index (χ3v) is 2.44. The molecule has 0 atom stereocenters. The first-order chi connectivity index (χ1) is 8.41. The maximum Gasteiger partial charge on any atom is 0.188 e. The van der Waals surface area contributed by atoms with Crippen molar-refractivity contribution < 1.29 is 14.3 Å². The van der Waals surface area contributed by atoms with Gasteiger partial charge < -0.3 is 14.3 Å². The Hall–Kier alpha value is -0.830. The smallest absolute Gasteiger partial charge is 0.188 e. The van der Waals surface area contributed by atoms with E-state index in [0.29, 0.717) is 13.2 Å². The highest BCUT2D eigenvalue weighted by Crippen LogP contribution is 2.04. The minimum atomic E-state index is 0.312. The molecule has 0 unspecified atom stereocenters. The Bertz CT molecular complexity index is 178. The van der Waals surface area contributed by atoms with Crippen LogP contribution in [0.25, 0.3) is 0 Å². The zero-order valence-corrected chi connectivity index (χ0v) is 11.0. The van der Waals surface area contributed by atoms with Gasteiger partial charge in [0.2, 0.25) is 0 Å². The van der Waals surface area contributed by atoms with Crippen LogP contribution in [-0.2, 0) is 14.3 Å². The fraction of sp³-hybridized carbons (Fsp3) is 0.786. The van der Waals surface area contributed by atoms with Crippen molar-refractivity contribution in [3.05, 3.63) is 12.3 Å². The standard InChI is InChI=1S/C14H26O3/c1-2-3-4-5-6-9-12-16-14-17-13-10-7-8-11-15/h10-11,13H,2-9,12,14H2,1H3. The second-order valence-corrected chi connectivity index (χ2v) is 4.08. The molecule has 0 radical (unpaired) electrons. The highest BCUT2D eigenvalue weighted by atomic mass is 16.7. The summed E-state index contributed by atoms with van der Waals surface area (Å²) in [6.07, 6.45) is 13.3. The molecule has 0 bridgehead atoms. The SMILES string of the molecule is CCCCCCCCOCOC=CCCC=O. The van der Waals surface area contributed by atoms with E-state index < -0.39 is 0 Å². The second kappa shape index (κ2) is 15.2. The molecule has 0 aliphatic rings. The van der Waals surface area contributed by atoms with Gasteiger partial charge in [0.05, 0.1) is 12.9 Å². The van der Waals surface area contributed by atoms with Crippen LogP contribution in [0, 0.1) is 0 Å². The minimum absolute atomic E-state index is 0.312. The van der Waals surface area contributed by atoms with Gasteiger partial charge in [-0.15, -0.1) is 0 Å². The van der Waals surface area contributed by atoms with E-state index in [1.165, 1.54) is 32.1 Å². The van der Waals surface area contributed by atoms with E-state index in [0.717, 1.165) is 25.7 Å². The molecule has 0 spiro atoms. The molecule has 0 aromatic heterocycles. The Morgan fingerprint density at radius 3 is 2.53 bits per heavy atom. The molecule has 100 valence electrons. The molecule has 0 aromatic carbocycles. The number of hydrogen-bond acceptors (Lipinski definition) is 3. The second-order valence-electron chi connectivity index (χ2n) is 4.08. The Morgan fingerprint density at radius 1 is 1.00 bits per heavy atom. The molecular weight excluding hydrogens is 216 g/mol. The fourth-order valence-corrected chi connectivity index (χ4v) is 1.43. The van der Waals surface area contributed by atoms with Crippen LogP contribution in [0.5, 0.6) is 0 Å². The van der Waals surface area contributed by atoms with Gasteiger partial charge in [0, 0.05) is 6.42 Å². The summed E-state index contributed by atoms with van der Waals surface area (Å²) in [5.74, 6) is 0. The quantitative estimate of drug-likeness (QED) is 0.213. The van der Waals surface area contributed by atoms with Crippen LogP contribution < -0.4 is 0 Å². The number of carbonyl (C=O) groups is 1. The summed E-state index contributed by atoms with van der Waals surface area (Å²) in [5.41, 5.74) is 0. The molecule has 0 saturated carbocycles. The number of ether oxygens (including phenoxy) is 2. The van der Waals surface area contributed by atoms with Crippen molar-refractivity contribution in [2.24, 2.45) is 0 Å². The fourth-order valence-electron chi connectivity index (χ4n) is 1.43. The maximum atomic E-state index is 10.0. The van der Waals surface area contributed by atoms with Crippen LogP contribution in [0.3, 0.4) is 0 Å². The molecule has 0 aliphatic heterocycles. The summed E-state index contributed by atoms with van der Waals surface area (Å²) < 4.78 is 10.4. The van der Waals surface area contributed by atoms with Crippen LogP contribution in [0.2, 0.25) is 0 Å². The van der Waals surface area contributed by atoms with Gasteiger partial charge in [-0.05, 0) is 18.9 Å². The number of rotatable bonds is 13. The summed E-state index contributed by atoms with van der Waals surface area (Å²) in [6, 6.07) is 0. The molecule has 0 fully saturated rings. The lowest BCUT2D eigenvalue weighted by Crippen LogP contribution is -1.98. The van der Waals surface area contributed by atoms with E-state index in [1.54, 1.807) is 6.26 Å². The van der Waals surface area contributed by atoms with Crippen molar-refractivity contribution in [2.45, 2.75) is 58.3 Å². The third-order valence-electron chi connectivity index (χ3n) is 2.44. The van der Waals surface area contributed by atoms with Gasteiger partial charge in [-0.25, -0.2) is 0 Å². The Kier molecular flexibility index (Phi) is 14.4. The number of unbranched alkanes of at least 4 members (excludes halogenated alkanes) is 6. The molecule has 0 rings (SSSR count). The minimum Gasteiger partial charge on any atom is -0.475 e. The largest absolute Gasteiger partial charge is 0.475 e. The van der Waals surface area contributed by atoms with E-state index in [-0.39, 0.29) is 0 Å². The van der Waals surface area contributed by atoms with E-state index in [1.807, 2.05) is 6.08 Å². The van der Waals surface area contributed by atoms with Crippen molar-refractivity contribution >= 4 is 6.29 Å². The molecule has 0 amide bonds. The zero-order chi connectivity index (χ0) is 12.6. The Labute approximate surface area is 105 Å². The predicted octanol–water partition coefficient (Wildman–Crippen LogP) is 3.83. The van der Waals surface area contributed by atoms with Crippen LogP contribution >= 0.6 is 0 Å². The highest BCUT2D eigenvalue weighted by molar-refractivity contribution is 5.49. The number of hydrogen-bond donors (Lipinski definition) is 0. The summed E-state index contributed by atoms with van der Waals surface area (Å²) >= 11 is 0. The third kappa shape index (κ3) is 15.2. The average Bonchev–Trinajstić information content (AvgIpc) is 2.35. The number of aldehydes is 1. The lowest BCUT2D eigenvalue weighted by molar-refractivity contribution is -0.107. The zero-order valence-electron chi connectivity index (χ0n) is 11.0. The van der Waals surface area contributed by atoms with Gasteiger partial charge in [-0.2, -0.15) is 0 Å². The number of allylic oxidation sites excluding steroid dienone is 1. The molecular formula is C14H26O3. The van der Waals surface area contributed by atoms with Gasteiger partial charge in [-0.3, -0.25) is 0 Å². The van der Waals surface area contributed by atoms with Gasteiger partial charge in [0.25, 0.3) is 0 Å². The molecule has 0 aliphatic carbocycles. The topological polar surface area (TPSA) is 35.5 Å². The monoisotopic (exact) mass is 242 g/mol. The molecule has 3 nitrogen and oxygen atoms in total. The van der Waals surface area contributed by atoms with Crippen molar-refractivity contribution in [2.75, 3.05) is 13.4 Å². The van der Waals surface area contributed by atoms with Gasteiger partial charge in [0.15, 0.2) is 6.79 Å². The van der Waals surface area contributed by atoms with Crippen LogP contribution in [0.1, 0.15) is 58.3 Å². The summed E-state index contributed by atoms with van der Waals surface area (Å²) in [4.78, 5) is 10.0. The highest BCUT2D eigenvalue weighted by Gasteiger charge is 1.90. The van der Waals surface area contributed by atoms with Gasteiger partial charge in [-0.1, -0.05) is 39.0 Å². The van der Waals surface area contributed by atoms with Gasteiger partial charge >= 0.3 is 0 Å². The molecule has 0 N–H and O–H groups in total. The van der Waals surface area contributed by atoms with Crippen molar-refractivity contribution in [1.82, 2.24) is 0 Å². The predicted molar refractivity (Wildman–Crippen MR) is 69.7 cm³/mol. The van der Waals surface area contributed by atoms with Gasteiger partial charge in [0.1, 0.15) is 6.29 Å². The van der Waals surface area contributed by atoms with E-state index in [4.69, 9.17) is 9.47 Å². The summed E-state index contributed by atoms with van der Waals surface area (Å²) in [5, 5.41) is 0. The van der Waals surface area contributed by atoms with Crippen LogP contribution in [0.4, 0.5) is 0 Å². The van der Waals surface area contributed by atoms with Crippen molar-refractivity contribution in [3.63, 3.8) is 0 Å². The van der Waals surface area contributed by atoms with E-state index in [9.17, 15) is 4.79 Å². The lowest BCUT2D eigenvalue weighted by atomic mass is 10.1. The first-order valence-corrected chi connectivity index (χ1v) is 6.69. The first kappa shape index (κ1) is 16.2. The maximum absolute atomic E-state index is 10.0. The lowest BCUT2D eigenvalue weighted by Gasteiger charge is -2.03. The summed E-state index contributed by atoms with van der Waals surface area (Å²) in [7, 11) is 0. The van der Waals surface area contributed by atoms with Crippen molar-refractivity contribution in [3.8, 4) is 0 Å². The molecule has 0 saturated heterocycles.